The summed E-state index contributed by atoms with van der Waals surface area (Å²) in [5.74, 6) is 0. The van der Waals surface area contributed by atoms with Crippen molar-refractivity contribution < 1.29 is 9.53 Å². The molecule has 2 rings (SSSR count). The van der Waals surface area contributed by atoms with Crippen LogP contribution >= 0.6 is 0 Å². The van der Waals surface area contributed by atoms with Gasteiger partial charge in [0.2, 0.25) is 0 Å². The Kier molecular flexibility index (Phi) is 6.44. The highest BCUT2D eigenvalue weighted by Crippen LogP contribution is 2.08. The predicted molar refractivity (Wildman–Crippen MR) is 85.2 cm³/mol. The largest absolute Gasteiger partial charge is 0.380 e. The van der Waals surface area contributed by atoms with E-state index >= 15 is 0 Å². The van der Waals surface area contributed by atoms with Gasteiger partial charge >= 0.3 is 6.03 Å². The Morgan fingerprint density at radius 2 is 2.00 bits per heavy atom. The number of carbonyl (C=O) groups excluding carboxylic acids is 1. The summed E-state index contributed by atoms with van der Waals surface area (Å²) in [5.41, 5.74) is 2.20. The molecule has 22 heavy (non-hydrogen) atoms. The minimum atomic E-state index is -0.159. The second kappa shape index (κ2) is 8.84. The molecule has 0 aliphatic carbocycles. The minimum Gasteiger partial charge on any atom is -0.380 e. The lowest BCUT2D eigenvalue weighted by Gasteiger charge is -2.08. The van der Waals surface area contributed by atoms with Gasteiger partial charge in [-0.05, 0) is 37.1 Å². The molecule has 1 aromatic carbocycles. The molecule has 0 saturated heterocycles. The number of amides is 2. The molecule has 0 atom stereocenters. The van der Waals surface area contributed by atoms with Crippen LogP contribution in [0.3, 0.4) is 0 Å². The SMILES string of the molecule is CCOCCNC(=O)NCCc1ccc(-n2cccn2)cc1. The molecule has 0 spiro atoms. The molecule has 0 unspecified atom stereocenters. The third-order valence-electron chi connectivity index (χ3n) is 3.14. The Morgan fingerprint density at radius 3 is 2.68 bits per heavy atom. The maximum absolute atomic E-state index is 11.5. The molecular weight excluding hydrogens is 280 g/mol. The van der Waals surface area contributed by atoms with Crippen molar-refractivity contribution in [3.63, 3.8) is 0 Å². The van der Waals surface area contributed by atoms with Gasteiger partial charge in [0.25, 0.3) is 0 Å². The number of hydrogen-bond donors (Lipinski definition) is 2. The van der Waals surface area contributed by atoms with Crippen LogP contribution in [-0.4, -0.2) is 42.1 Å². The average molecular weight is 302 g/mol. The highest BCUT2D eigenvalue weighted by atomic mass is 16.5. The fourth-order valence-electron chi connectivity index (χ4n) is 2.00. The van der Waals surface area contributed by atoms with E-state index in [1.807, 2.05) is 48.1 Å². The van der Waals surface area contributed by atoms with Crippen molar-refractivity contribution in [3.8, 4) is 5.69 Å². The second-order valence-corrected chi connectivity index (χ2v) is 4.75. The van der Waals surface area contributed by atoms with Gasteiger partial charge in [-0.2, -0.15) is 5.10 Å². The van der Waals surface area contributed by atoms with Crippen molar-refractivity contribution in [2.45, 2.75) is 13.3 Å². The van der Waals surface area contributed by atoms with E-state index in [0.29, 0.717) is 26.3 Å². The number of ether oxygens (including phenoxy) is 1. The first-order chi connectivity index (χ1) is 10.8. The summed E-state index contributed by atoms with van der Waals surface area (Å²) in [6.07, 6.45) is 4.45. The van der Waals surface area contributed by atoms with Crippen LogP contribution in [0.2, 0.25) is 0 Å². The molecule has 2 N–H and O–H groups in total. The number of urea groups is 1. The normalized spacial score (nSPS) is 10.4. The van der Waals surface area contributed by atoms with Crippen molar-refractivity contribution >= 4 is 6.03 Å². The summed E-state index contributed by atoms with van der Waals surface area (Å²) in [6.45, 7) is 4.26. The summed E-state index contributed by atoms with van der Waals surface area (Å²) < 4.78 is 6.96. The first-order valence-corrected chi connectivity index (χ1v) is 7.48. The zero-order valence-electron chi connectivity index (χ0n) is 12.8. The quantitative estimate of drug-likeness (QED) is 0.730. The van der Waals surface area contributed by atoms with Gasteiger partial charge in [0.1, 0.15) is 0 Å². The Morgan fingerprint density at radius 1 is 1.23 bits per heavy atom. The first-order valence-electron chi connectivity index (χ1n) is 7.48. The van der Waals surface area contributed by atoms with E-state index in [-0.39, 0.29) is 6.03 Å². The van der Waals surface area contributed by atoms with Crippen LogP contribution in [-0.2, 0) is 11.2 Å². The molecule has 0 aliphatic heterocycles. The van der Waals surface area contributed by atoms with Gasteiger partial charge in [0.15, 0.2) is 0 Å². The molecule has 2 aromatic rings. The van der Waals surface area contributed by atoms with E-state index in [1.165, 1.54) is 5.56 Å². The molecule has 1 heterocycles. The van der Waals surface area contributed by atoms with Crippen LogP contribution in [0, 0.1) is 0 Å². The lowest BCUT2D eigenvalue weighted by atomic mass is 10.1. The molecule has 0 bridgehead atoms. The molecule has 6 heteroatoms. The zero-order valence-corrected chi connectivity index (χ0v) is 12.8. The topological polar surface area (TPSA) is 68.2 Å². The maximum atomic E-state index is 11.5. The number of nitrogens with one attached hydrogen (secondary N) is 2. The summed E-state index contributed by atoms with van der Waals surface area (Å²) in [5, 5.41) is 9.76. The van der Waals surface area contributed by atoms with Crippen molar-refractivity contribution in [1.82, 2.24) is 20.4 Å². The van der Waals surface area contributed by atoms with Gasteiger partial charge < -0.3 is 15.4 Å². The molecule has 0 fully saturated rings. The molecule has 118 valence electrons. The van der Waals surface area contributed by atoms with Crippen LogP contribution in [0.4, 0.5) is 4.79 Å². The number of rotatable bonds is 8. The fourth-order valence-corrected chi connectivity index (χ4v) is 2.00. The third-order valence-corrected chi connectivity index (χ3v) is 3.14. The lowest BCUT2D eigenvalue weighted by molar-refractivity contribution is 0.149. The third kappa shape index (κ3) is 5.21. The highest BCUT2D eigenvalue weighted by Gasteiger charge is 2.00. The van der Waals surface area contributed by atoms with Crippen LogP contribution in [0.5, 0.6) is 0 Å². The molecule has 2 amide bonds. The Labute approximate surface area is 130 Å². The van der Waals surface area contributed by atoms with Crippen molar-refractivity contribution in [1.29, 1.82) is 0 Å². The predicted octanol–water partition coefficient (Wildman–Crippen LogP) is 1.75. The van der Waals surface area contributed by atoms with Gasteiger partial charge in [-0.25, -0.2) is 9.48 Å². The lowest BCUT2D eigenvalue weighted by Crippen LogP contribution is -2.38. The van der Waals surface area contributed by atoms with Gasteiger partial charge in [0.05, 0.1) is 12.3 Å². The van der Waals surface area contributed by atoms with Gasteiger partial charge in [0, 0.05) is 32.1 Å². The monoisotopic (exact) mass is 302 g/mol. The number of benzene rings is 1. The van der Waals surface area contributed by atoms with Crippen LogP contribution < -0.4 is 10.6 Å². The molecular formula is C16H22N4O2. The molecule has 0 aliphatic rings. The van der Waals surface area contributed by atoms with Crippen molar-refractivity contribution in [2.75, 3.05) is 26.3 Å². The van der Waals surface area contributed by atoms with Gasteiger partial charge in [-0.15, -0.1) is 0 Å². The summed E-state index contributed by atoms with van der Waals surface area (Å²) in [7, 11) is 0. The van der Waals surface area contributed by atoms with Gasteiger partial charge in [-0.1, -0.05) is 12.1 Å². The molecule has 0 radical (unpaired) electrons. The van der Waals surface area contributed by atoms with Crippen molar-refractivity contribution in [3.05, 3.63) is 48.3 Å². The fraction of sp³-hybridized carbons (Fsp3) is 0.375. The maximum Gasteiger partial charge on any atom is 0.314 e. The number of nitrogens with zero attached hydrogens (tertiary/aromatic N) is 2. The molecule has 1 aromatic heterocycles. The summed E-state index contributed by atoms with van der Waals surface area (Å²) in [4.78, 5) is 11.5. The van der Waals surface area contributed by atoms with E-state index in [9.17, 15) is 4.79 Å². The number of aromatic nitrogens is 2. The Bertz CT molecular complexity index is 552. The number of carbonyl (C=O) groups is 1. The smallest absolute Gasteiger partial charge is 0.314 e. The molecule has 6 nitrogen and oxygen atoms in total. The Balaban J connectivity index is 1.68. The molecule has 0 saturated carbocycles. The van der Waals surface area contributed by atoms with E-state index in [2.05, 4.69) is 15.7 Å². The van der Waals surface area contributed by atoms with E-state index < -0.39 is 0 Å². The van der Waals surface area contributed by atoms with Gasteiger partial charge in [-0.3, -0.25) is 0 Å². The summed E-state index contributed by atoms with van der Waals surface area (Å²) >= 11 is 0. The first kappa shape index (κ1) is 16.0. The van der Waals surface area contributed by atoms with E-state index in [0.717, 1.165) is 12.1 Å². The van der Waals surface area contributed by atoms with E-state index in [1.54, 1.807) is 6.20 Å². The Hall–Kier alpha value is -2.34. The number of hydrogen-bond acceptors (Lipinski definition) is 3. The highest BCUT2D eigenvalue weighted by molar-refractivity contribution is 5.73. The zero-order chi connectivity index (χ0) is 15.6. The minimum absolute atomic E-state index is 0.159. The standard InChI is InChI=1S/C16H22N4O2/c1-2-22-13-11-18-16(21)17-10-8-14-4-6-15(7-5-14)20-12-3-9-19-20/h3-7,9,12H,2,8,10-11,13H2,1H3,(H2,17,18,21). The van der Waals surface area contributed by atoms with Crippen LogP contribution in [0.25, 0.3) is 5.69 Å². The average Bonchev–Trinajstić information content (AvgIpc) is 3.07. The summed E-state index contributed by atoms with van der Waals surface area (Å²) in [6, 6.07) is 9.86. The second-order valence-electron chi connectivity index (χ2n) is 4.75. The van der Waals surface area contributed by atoms with Crippen LogP contribution in [0.1, 0.15) is 12.5 Å². The van der Waals surface area contributed by atoms with Crippen molar-refractivity contribution in [2.24, 2.45) is 0 Å². The van der Waals surface area contributed by atoms with Crippen LogP contribution in [0.15, 0.2) is 42.7 Å². The van der Waals surface area contributed by atoms with E-state index in [4.69, 9.17) is 4.74 Å².